The van der Waals surface area contributed by atoms with Crippen molar-refractivity contribution in [2.75, 3.05) is 59.5 Å². The quantitative estimate of drug-likeness (QED) is 0.231. The van der Waals surface area contributed by atoms with Crippen molar-refractivity contribution in [2.45, 2.75) is 124 Å². The van der Waals surface area contributed by atoms with Crippen LogP contribution in [-0.4, -0.2) is 133 Å². The van der Waals surface area contributed by atoms with Crippen LogP contribution in [-0.2, 0) is 23.9 Å². The highest BCUT2D eigenvalue weighted by Crippen LogP contribution is 2.27. The van der Waals surface area contributed by atoms with Crippen LogP contribution in [0.1, 0.15) is 93.9 Å². The van der Waals surface area contributed by atoms with E-state index in [1.165, 1.54) is 0 Å². The summed E-state index contributed by atoms with van der Waals surface area (Å²) in [6.45, 7) is 22.2. The van der Waals surface area contributed by atoms with Gasteiger partial charge in [-0.3, -0.25) is 29.0 Å². The highest BCUT2D eigenvalue weighted by Gasteiger charge is 2.40. The van der Waals surface area contributed by atoms with Gasteiger partial charge in [0, 0.05) is 44.8 Å². The average molecular weight is 661 g/mol. The van der Waals surface area contributed by atoms with E-state index in [4.69, 9.17) is 4.74 Å². The maximum Gasteiger partial charge on any atom is 0.249 e. The first kappa shape index (κ1) is 38.9. The lowest BCUT2D eigenvalue weighted by atomic mass is 9.84. The molecule has 268 valence electrons. The molecule has 47 heavy (non-hydrogen) atoms. The molecule has 3 aliphatic rings. The lowest BCUT2D eigenvalue weighted by molar-refractivity contribution is -0.142. The van der Waals surface area contributed by atoms with E-state index >= 15 is 0 Å². The second kappa shape index (κ2) is 17.8. The molecule has 0 aliphatic carbocycles. The van der Waals surface area contributed by atoms with E-state index in [-0.39, 0.29) is 47.7 Å². The summed E-state index contributed by atoms with van der Waals surface area (Å²) in [6, 6.07) is -1.59. The van der Waals surface area contributed by atoms with Gasteiger partial charge in [0.15, 0.2) is 0 Å². The van der Waals surface area contributed by atoms with Gasteiger partial charge in [0.05, 0.1) is 25.3 Å². The SMILES string of the molecule is CC(=CC(C(C)C)N(C)C(=O)[C@@H](NC(=O)[C@H]1CCCCN1C(C)C)C(C)(C)C)C(=O)N1CCC[C@H]1C(=O)NCCCN1CCOCC1. The van der Waals surface area contributed by atoms with E-state index in [9.17, 15) is 19.2 Å². The molecule has 11 nitrogen and oxygen atoms in total. The minimum atomic E-state index is -0.725. The molecule has 3 saturated heterocycles. The number of piperidine rings is 1. The maximum atomic E-state index is 14.2. The van der Waals surface area contributed by atoms with Crippen molar-refractivity contribution in [3.05, 3.63) is 11.6 Å². The zero-order valence-corrected chi connectivity index (χ0v) is 30.8. The molecule has 2 N–H and O–H groups in total. The molecule has 0 aromatic rings. The van der Waals surface area contributed by atoms with Gasteiger partial charge in [0.1, 0.15) is 12.1 Å². The number of likely N-dealkylation sites (N-methyl/N-ethyl adjacent to an activating group) is 1. The van der Waals surface area contributed by atoms with Gasteiger partial charge in [0.2, 0.25) is 23.6 Å². The number of morpholine rings is 1. The van der Waals surface area contributed by atoms with Crippen LogP contribution in [0.15, 0.2) is 11.6 Å². The van der Waals surface area contributed by atoms with Gasteiger partial charge in [-0.05, 0) is 77.3 Å². The van der Waals surface area contributed by atoms with E-state index in [0.717, 1.165) is 71.5 Å². The van der Waals surface area contributed by atoms with Crippen molar-refractivity contribution in [2.24, 2.45) is 11.3 Å². The number of amides is 4. The standard InChI is InChI=1S/C36H64N6O5/c1-25(2)30(39(9)35(46)31(36(6,7)8)38-33(44)29-14-10-11-18-41(29)26(3)4)24-27(5)34(45)42-19-12-15-28(42)32(43)37-16-13-17-40-20-22-47-23-21-40/h24-26,28-31H,10-23H2,1-9H3,(H,37,43)(H,38,44)/t28-,29+,30?,31+/m0/s1. The summed E-state index contributed by atoms with van der Waals surface area (Å²) >= 11 is 0. The third-order valence-electron chi connectivity index (χ3n) is 10.0. The van der Waals surface area contributed by atoms with Gasteiger partial charge in [-0.25, -0.2) is 0 Å². The summed E-state index contributed by atoms with van der Waals surface area (Å²) in [4.78, 5) is 62.6. The van der Waals surface area contributed by atoms with Crippen molar-refractivity contribution in [1.29, 1.82) is 0 Å². The Morgan fingerprint density at radius 1 is 0.915 bits per heavy atom. The molecule has 1 unspecified atom stereocenters. The number of nitrogens with one attached hydrogen (secondary N) is 2. The van der Waals surface area contributed by atoms with Crippen LogP contribution in [0.25, 0.3) is 0 Å². The van der Waals surface area contributed by atoms with Crippen LogP contribution >= 0.6 is 0 Å². The highest BCUT2D eigenvalue weighted by atomic mass is 16.5. The third-order valence-corrected chi connectivity index (χ3v) is 10.0. The number of ether oxygens (including phenoxy) is 1. The fraction of sp³-hybridized carbons (Fsp3) is 0.833. The monoisotopic (exact) mass is 660 g/mol. The molecule has 4 atom stereocenters. The Labute approximate surface area is 284 Å². The number of carbonyl (C=O) groups is 4. The molecule has 11 heteroatoms. The smallest absolute Gasteiger partial charge is 0.249 e. The van der Waals surface area contributed by atoms with E-state index in [1.54, 1.807) is 23.8 Å². The van der Waals surface area contributed by atoms with Gasteiger partial charge in [-0.15, -0.1) is 0 Å². The van der Waals surface area contributed by atoms with Crippen molar-refractivity contribution < 1.29 is 23.9 Å². The lowest BCUT2D eigenvalue weighted by Crippen LogP contribution is -2.60. The molecule has 3 aliphatic heterocycles. The molecule has 0 radical (unpaired) electrons. The van der Waals surface area contributed by atoms with Gasteiger partial charge < -0.3 is 25.2 Å². The number of likely N-dealkylation sites (tertiary alicyclic amines) is 2. The number of carbonyl (C=O) groups excluding carboxylic acids is 4. The van der Waals surface area contributed by atoms with Crippen LogP contribution in [0.2, 0.25) is 0 Å². The minimum Gasteiger partial charge on any atom is -0.379 e. The average Bonchev–Trinajstić information content (AvgIpc) is 3.53. The highest BCUT2D eigenvalue weighted by molar-refractivity contribution is 5.97. The first-order valence-electron chi connectivity index (χ1n) is 18.0. The van der Waals surface area contributed by atoms with Crippen molar-refractivity contribution in [3.8, 4) is 0 Å². The maximum absolute atomic E-state index is 14.2. The Kier molecular flexibility index (Phi) is 14.7. The van der Waals surface area contributed by atoms with Gasteiger partial charge in [-0.2, -0.15) is 0 Å². The normalized spacial score (nSPS) is 23.1. The Morgan fingerprint density at radius 2 is 1.57 bits per heavy atom. The number of hydrogen-bond acceptors (Lipinski definition) is 7. The predicted octanol–water partition coefficient (Wildman–Crippen LogP) is 3.04. The molecule has 0 bridgehead atoms. The molecule has 4 amide bonds. The summed E-state index contributed by atoms with van der Waals surface area (Å²) in [7, 11) is 1.76. The van der Waals surface area contributed by atoms with Crippen LogP contribution in [0.4, 0.5) is 0 Å². The minimum absolute atomic E-state index is 0.0157. The van der Waals surface area contributed by atoms with Gasteiger partial charge in [0.25, 0.3) is 0 Å². The first-order chi connectivity index (χ1) is 22.1. The van der Waals surface area contributed by atoms with E-state index < -0.39 is 17.5 Å². The molecule has 3 heterocycles. The van der Waals surface area contributed by atoms with Gasteiger partial charge >= 0.3 is 0 Å². The van der Waals surface area contributed by atoms with Crippen LogP contribution in [0, 0.1) is 11.3 Å². The summed E-state index contributed by atoms with van der Waals surface area (Å²) in [5.74, 6) is -0.529. The summed E-state index contributed by atoms with van der Waals surface area (Å²) < 4.78 is 5.41. The van der Waals surface area contributed by atoms with Crippen molar-refractivity contribution >= 4 is 23.6 Å². The Hall–Kier alpha value is -2.50. The number of hydrogen-bond donors (Lipinski definition) is 2. The van der Waals surface area contributed by atoms with Crippen molar-refractivity contribution in [3.63, 3.8) is 0 Å². The fourth-order valence-corrected chi connectivity index (χ4v) is 7.14. The van der Waals surface area contributed by atoms with Crippen LogP contribution in [0.5, 0.6) is 0 Å². The molecule has 0 aromatic carbocycles. The Bertz CT molecular complexity index is 1100. The third kappa shape index (κ3) is 10.7. The number of nitrogens with zero attached hydrogens (tertiary/aromatic N) is 4. The first-order valence-corrected chi connectivity index (χ1v) is 18.0. The largest absolute Gasteiger partial charge is 0.379 e. The van der Waals surface area contributed by atoms with E-state index in [2.05, 4.69) is 34.3 Å². The molecule has 0 spiro atoms. The zero-order valence-electron chi connectivity index (χ0n) is 30.8. The van der Waals surface area contributed by atoms with Crippen molar-refractivity contribution in [1.82, 2.24) is 30.2 Å². The van der Waals surface area contributed by atoms with Crippen LogP contribution < -0.4 is 10.6 Å². The molecule has 3 rings (SSSR count). The number of rotatable bonds is 13. The molecular formula is C36H64N6O5. The van der Waals surface area contributed by atoms with E-state index in [1.807, 2.05) is 40.7 Å². The molecular weight excluding hydrogens is 596 g/mol. The Morgan fingerprint density at radius 3 is 2.19 bits per heavy atom. The lowest BCUT2D eigenvalue weighted by Gasteiger charge is -2.41. The fourth-order valence-electron chi connectivity index (χ4n) is 7.14. The van der Waals surface area contributed by atoms with E-state index in [0.29, 0.717) is 25.1 Å². The van der Waals surface area contributed by atoms with Gasteiger partial charge in [-0.1, -0.05) is 47.1 Å². The topological polar surface area (TPSA) is 115 Å². The molecule has 0 saturated carbocycles. The predicted molar refractivity (Wildman–Crippen MR) is 186 cm³/mol. The second-order valence-corrected chi connectivity index (χ2v) is 15.4. The second-order valence-electron chi connectivity index (χ2n) is 15.4. The molecule has 0 aromatic heterocycles. The Balaban J connectivity index is 1.67. The zero-order chi connectivity index (χ0) is 34.9. The molecule has 3 fully saturated rings. The van der Waals surface area contributed by atoms with Crippen LogP contribution in [0.3, 0.4) is 0 Å². The summed E-state index contributed by atoms with van der Waals surface area (Å²) in [6.07, 6.45) is 7.00. The summed E-state index contributed by atoms with van der Waals surface area (Å²) in [5, 5.41) is 6.20. The summed E-state index contributed by atoms with van der Waals surface area (Å²) in [5.41, 5.74) is -0.00579.